The molecular formula is C19H15BrN4O2S. The number of aromatic nitrogens is 2. The summed E-state index contributed by atoms with van der Waals surface area (Å²) >= 11 is 3.31. The molecule has 4 rings (SSSR count). The van der Waals surface area contributed by atoms with Crippen molar-refractivity contribution in [2.24, 2.45) is 0 Å². The van der Waals surface area contributed by atoms with Gasteiger partial charge in [0.2, 0.25) is 0 Å². The summed E-state index contributed by atoms with van der Waals surface area (Å²) in [7, 11) is -3.82. The molecule has 1 unspecified atom stereocenters. The average Bonchev–Trinajstić information content (AvgIpc) is 3.21. The minimum Gasteiger partial charge on any atom is -0.268 e. The Labute approximate surface area is 165 Å². The van der Waals surface area contributed by atoms with Crippen molar-refractivity contribution in [3.8, 4) is 6.07 Å². The summed E-state index contributed by atoms with van der Waals surface area (Å²) in [6.45, 7) is 0.285. The van der Waals surface area contributed by atoms with E-state index in [9.17, 15) is 8.42 Å². The molecule has 3 aromatic rings. The van der Waals surface area contributed by atoms with Gasteiger partial charge in [-0.3, -0.25) is 8.99 Å². The van der Waals surface area contributed by atoms with E-state index in [1.807, 2.05) is 42.6 Å². The van der Waals surface area contributed by atoms with Gasteiger partial charge in [0, 0.05) is 16.9 Å². The molecule has 0 spiro atoms. The summed E-state index contributed by atoms with van der Waals surface area (Å²) < 4.78 is 30.5. The second-order valence-electron chi connectivity index (χ2n) is 6.27. The number of nitrogens with zero attached hydrogens (tertiary/aromatic N) is 4. The van der Waals surface area contributed by atoms with Crippen molar-refractivity contribution in [3.05, 3.63) is 76.5 Å². The topological polar surface area (TPSA) is 79.0 Å². The van der Waals surface area contributed by atoms with Crippen LogP contribution in [0.2, 0.25) is 0 Å². The fourth-order valence-electron chi connectivity index (χ4n) is 3.33. The van der Waals surface area contributed by atoms with Crippen LogP contribution in [0.3, 0.4) is 0 Å². The lowest BCUT2D eigenvalue weighted by atomic mass is 10.00. The number of sulfonamides is 1. The number of halogens is 1. The smallest absolute Gasteiger partial charge is 0.265 e. The molecule has 136 valence electrons. The van der Waals surface area contributed by atoms with Crippen LogP contribution in [-0.2, 0) is 16.4 Å². The second kappa shape index (κ2) is 6.83. The molecule has 1 aliphatic rings. The van der Waals surface area contributed by atoms with Crippen molar-refractivity contribution in [3.63, 3.8) is 0 Å². The molecule has 2 aromatic carbocycles. The summed E-state index contributed by atoms with van der Waals surface area (Å²) in [5.74, 6) is 0. The van der Waals surface area contributed by atoms with Gasteiger partial charge in [-0.2, -0.15) is 10.4 Å². The molecule has 0 fully saturated rings. The Bertz CT molecular complexity index is 1140. The van der Waals surface area contributed by atoms with Gasteiger partial charge >= 0.3 is 0 Å². The number of anilines is 1. The third kappa shape index (κ3) is 3.13. The van der Waals surface area contributed by atoms with E-state index in [-0.39, 0.29) is 17.5 Å². The van der Waals surface area contributed by atoms with E-state index in [0.717, 1.165) is 5.56 Å². The van der Waals surface area contributed by atoms with Gasteiger partial charge in [0.25, 0.3) is 10.0 Å². The van der Waals surface area contributed by atoms with E-state index in [2.05, 4.69) is 21.0 Å². The van der Waals surface area contributed by atoms with E-state index >= 15 is 0 Å². The molecule has 0 aliphatic carbocycles. The lowest BCUT2D eigenvalue weighted by Gasteiger charge is -2.35. The maximum Gasteiger partial charge on any atom is 0.265 e. The lowest BCUT2D eigenvalue weighted by molar-refractivity contribution is 0.446. The third-order valence-corrected chi connectivity index (χ3v) is 7.38. The highest BCUT2D eigenvalue weighted by molar-refractivity contribution is 9.10. The largest absolute Gasteiger partial charge is 0.268 e. The number of hydrogen-bond acceptors (Lipinski definition) is 4. The number of fused-ring (bicyclic) bond motifs is 1. The molecule has 6 nitrogen and oxygen atoms in total. The molecular weight excluding hydrogens is 428 g/mol. The van der Waals surface area contributed by atoms with Gasteiger partial charge in [-0.05, 0) is 58.2 Å². The minimum atomic E-state index is -3.82. The molecule has 27 heavy (non-hydrogen) atoms. The van der Waals surface area contributed by atoms with Crippen LogP contribution in [0.1, 0.15) is 17.2 Å². The Hall–Kier alpha value is -2.63. The van der Waals surface area contributed by atoms with Crippen molar-refractivity contribution in [2.45, 2.75) is 17.4 Å². The summed E-state index contributed by atoms with van der Waals surface area (Å²) in [4.78, 5) is 0.136. The SMILES string of the molecule is N#Cc1ccc(S(=O)(=O)N2CC(n3cccn3)Cc3ccccc32)c(Br)c1. The Morgan fingerprint density at radius 2 is 2.00 bits per heavy atom. The maximum absolute atomic E-state index is 13.5. The van der Waals surface area contributed by atoms with Crippen molar-refractivity contribution in [1.82, 2.24) is 9.78 Å². The zero-order valence-electron chi connectivity index (χ0n) is 14.2. The van der Waals surface area contributed by atoms with E-state index in [1.165, 1.54) is 22.5 Å². The van der Waals surface area contributed by atoms with Crippen LogP contribution in [-0.4, -0.2) is 24.7 Å². The standard InChI is InChI=1S/C19H15BrN4O2S/c20-17-10-14(12-21)6-7-19(17)27(25,26)24-13-16(23-9-3-8-22-23)11-15-4-1-2-5-18(15)24/h1-10,16H,11,13H2. The summed E-state index contributed by atoms with van der Waals surface area (Å²) in [5.41, 5.74) is 2.03. The molecule has 8 heteroatoms. The van der Waals surface area contributed by atoms with E-state index < -0.39 is 10.0 Å². The van der Waals surface area contributed by atoms with Crippen LogP contribution < -0.4 is 4.31 Å². The highest BCUT2D eigenvalue weighted by Crippen LogP contribution is 2.37. The number of benzene rings is 2. The quantitative estimate of drug-likeness (QED) is 0.621. The highest BCUT2D eigenvalue weighted by Gasteiger charge is 2.35. The van der Waals surface area contributed by atoms with E-state index in [0.29, 0.717) is 22.1 Å². The monoisotopic (exact) mass is 442 g/mol. The van der Waals surface area contributed by atoms with Gasteiger partial charge in [-0.15, -0.1) is 0 Å². The van der Waals surface area contributed by atoms with Crippen molar-refractivity contribution in [1.29, 1.82) is 5.26 Å². The number of para-hydroxylation sites is 1. The Morgan fingerprint density at radius 1 is 1.19 bits per heavy atom. The number of hydrogen-bond donors (Lipinski definition) is 0. The molecule has 1 aromatic heterocycles. The second-order valence-corrected chi connectivity index (χ2v) is 8.95. The van der Waals surface area contributed by atoms with Crippen LogP contribution in [0.5, 0.6) is 0 Å². The maximum atomic E-state index is 13.5. The van der Waals surface area contributed by atoms with Gasteiger partial charge in [-0.25, -0.2) is 8.42 Å². The van der Waals surface area contributed by atoms with Crippen molar-refractivity contribution >= 4 is 31.6 Å². The predicted molar refractivity (Wildman–Crippen MR) is 105 cm³/mol. The molecule has 2 heterocycles. The molecule has 0 saturated carbocycles. The zero-order chi connectivity index (χ0) is 19.0. The fourth-order valence-corrected chi connectivity index (χ4v) is 5.92. The summed E-state index contributed by atoms with van der Waals surface area (Å²) in [5, 5.41) is 13.3. The van der Waals surface area contributed by atoms with Crippen molar-refractivity contribution < 1.29 is 8.42 Å². The first-order valence-corrected chi connectivity index (χ1v) is 10.5. The number of rotatable bonds is 3. The van der Waals surface area contributed by atoms with Crippen LogP contribution >= 0.6 is 15.9 Å². The first-order chi connectivity index (χ1) is 13.0. The molecule has 0 amide bonds. The fraction of sp³-hybridized carbons (Fsp3) is 0.158. The number of nitriles is 1. The summed E-state index contributed by atoms with van der Waals surface area (Å²) in [6.07, 6.45) is 4.25. The normalized spacial score (nSPS) is 16.6. The van der Waals surface area contributed by atoms with E-state index in [1.54, 1.807) is 10.9 Å². The third-order valence-electron chi connectivity index (χ3n) is 4.62. The van der Waals surface area contributed by atoms with Crippen LogP contribution in [0.15, 0.2) is 70.3 Å². The highest BCUT2D eigenvalue weighted by atomic mass is 79.9. The lowest BCUT2D eigenvalue weighted by Crippen LogP contribution is -2.41. The van der Waals surface area contributed by atoms with E-state index in [4.69, 9.17) is 5.26 Å². The van der Waals surface area contributed by atoms with Crippen LogP contribution in [0.25, 0.3) is 0 Å². The van der Waals surface area contributed by atoms with Gasteiger partial charge in [-0.1, -0.05) is 18.2 Å². The first-order valence-electron chi connectivity index (χ1n) is 8.30. The molecule has 1 atom stereocenters. The molecule has 0 bridgehead atoms. The van der Waals surface area contributed by atoms with Gasteiger partial charge in [0.15, 0.2) is 0 Å². The molecule has 0 N–H and O–H groups in total. The first kappa shape index (κ1) is 17.8. The molecule has 0 saturated heterocycles. The van der Waals surface area contributed by atoms with Gasteiger partial charge in [0.1, 0.15) is 4.90 Å². The Morgan fingerprint density at radius 3 is 2.70 bits per heavy atom. The summed E-state index contributed by atoms with van der Waals surface area (Å²) in [6, 6.07) is 15.8. The molecule has 0 radical (unpaired) electrons. The predicted octanol–water partition coefficient (Wildman–Crippen LogP) is 3.51. The Kier molecular flexibility index (Phi) is 4.50. The Balaban J connectivity index is 1.82. The van der Waals surface area contributed by atoms with Gasteiger partial charge < -0.3 is 0 Å². The zero-order valence-corrected chi connectivity index (χ0v) is 16.6. The van der Waals surface area contributed by atoms with Crippen molar-refractivity contribution in [2.75, 3.05) is 10.8 Å². The van der Waals surface area contributed by atoms with Crippen LogP contribution in [0.4, 0.5) is 5.69 Å². The minimum absolute atomic E-state index is 0.0955. The van der Waals surface area contributed by atoms with Crippen LogP contribution in [0, 0.1) is 11.3 Å². The molecule has 1 aliphatic heterocycles. The average molecular weight is 443 g/mol. The van der Waals surface area contributed by atoms with Gasteiger partial charge in [0.05, 0.1) is 29.9 Å².